The summed E-state index contributed by atoms with van der Waals surface area (Å²) in [6.07, 6.45) is 7.53. The molecule has 0 N–H and O–H groups in total. The van der Waals surface area contributed by atoms with Gasteiger partial charge in [-0.3, -0.25) is 4.79 Å². The predicted octanol–water partition coefficient (Wildman–Crippen LogP) is 3.77. The Morgan fingerprint density at radius 1 is 1.29 bits per heavy atom. The first-order chi connectivity index (χ1) is 11.8. The topological polar surface area (TPSA) is 59.2 Å². The molecule has 1 saturated carbocycles. The molecule has 2 aromatic heterocycles. The summed E-state index contributed by atoms with van der Waals surface area (Å²) in [5, 5.41) is 7.98. The smallest absolute Gasteiger partial charge is 0.227 e. The molecule has 0 spiro atoms. The minimum atomic E-state index is 0.231. The number of fused-ring (bicyclic) bond motifs is 1. The second-order valence-corrected chi connectivity index (χ2v) is 7.74. The Labute approximate surface area is 146 Å². The van der Waals surface area contributed by atoms with Crippen molar-refractivity contribution in [3.05, 3.63) is 22.7 Å². The van der Waals surface area contributed by atoms with E-state index in [0.717, 1.165) is 30.5 Å². The van der Waals surface area contributed by atoms with Crippen molar-refractivity contribution in [2.45, 2.75) is 44.9 Å². The zero-order valence-electron chi connectivity index (χ0n) is 13.8. The molecule has 2 atom stereocenters. The lowest BCUT2D eigenvalue weighted by molar-refractivity contribution is -0.134. The van der Waals surface area contributed by atoms with E-state index in [-0.39, 0.29) is 5.91 Å². The largest absolute Gasteiger partial charge is 0.342 e. The van der Waals surface area contributed by atoms with Gasteiger partial charge in [0.2, 0.25) is 17.6 Å². The summed E-state index contributed by atoms with van der Waals surface area (Å²) < 4.78 is 5.28. The monoisotopic (exact) mass is 345 g/mol. The molecule has 2 fully saturated rings. The van der Waals surface area contributed by atoms with Crippen molar-refractivity contribution in [1.82, 2.24) is 15.0 Å². The Hall–Kier alpha value is -1.69. The van der Waals surface area contributed by atoms with Gasteiger partial charge in [-0.2, -0.15) is 16.3 Å². The summed E-state index contributed by atoms with van der Waals surface area (Å²) in [6.45, 7) is 1.87. The maximum absolute atomic E-state index is 12.5. The molecule has 0 bridgehead atoms. The number of carbonyl (C=O) groups excluding carboxylic acids is 1. The molecule has 24 heavy (non-hydrogen) atoms. The highest BCUT2D eigenvalue weighted by atomic mass is 32.1. The van der Waals surface area contributed by atoms with Crippen molar-refractivity contribution in [2.75, 3.05) is 13.1 Å². The number of nitrogens with zero attached hydrogens (tertiary/aromatic N) is 3. The normalized spacial score (nSPS) is 23.9. The van der Waals surface area contributed by atoms with Gasteiger partial charge in [0.05, 0.1) is 0 Å². The Kier molecular flexibility index (Phi) is 4.65. The van der Waals surface area contributed by atoms with Gasteiger partial charge >= 0.3 is 0 Å². The first-order valence-corrected chi connectivity index (χ1v) is 9.87. The van der Waals surface area contributed by atoms with Gasteiger partial charge in [0.1, 0.15) is 0 Å². The number of aryl methyl sites for hydroxylation is 1. The zero-order valence-corrected chi connectivity index (χ0v) is 14.6. The minimum absolute atomic E-state index is 0.231. The fourth-order valence-electron chi connectivity index (χ4n) is 4.06. The molecule has 2 unspecified atom stereocenters. The molecule has 0 radical (unpaired) electrons. The molecule has 1 aliphatic heterocycles. The molecular formula is C18H23N3O2S. The number of hydrogen-bond acceptors (Lipinski definition) is 5. The number of thiophene rings is 1. The van der Waals surface area contributed by atoms with E-state index in [1.165, 1.54) is 32.1 Å². The van der Waals surface area contributed by atoms with Gasteiger partial charge in [0.25, 0.3) is 0 Å². The number of aromatic nitrogens is 2. The number of amides is 1. The average Bonchev–Trinajstić information content (AvgIpc) is 3.30. The molecule has 128 valence electrons. The van der Waals surface area contributed by atoms with Crippen LogP contribution >= 0.6 is 11.3 Å². The van der Waals surface area contributed by atoms with Crippen LogP contribution in [0.15, 0.2) is 21.3 Å². The van der Waals surface area contributed by atoms with Crippen LogP contribution in [-0.4, -0.2) is 34.0 Å². The van der Waals surface area contributed by atoms with Crippen LogP contribution < -0.4 is 0 Å². The first kappa shape index (κ1) is 15.8. The van der Waals surface area contributed by atoms with E-state index in [1.807, 2.05) is 16.8 Å². The molecule has 2 aromatic rings. The lowest BCUT2D eigenvalue weighted by atomic mass is 9.75. The van der Waals surface area contributed by atoms with Gasteiger partial charge in [-0.15, -0.1) is 0 Å². The first-order valence-electron chi connectivity index (χ1n) is 8.92. The van der Waals surface area contributed by atoms with Crippen molar-refractivity contribution >= 4 is 17.2 Å². The van der Waals surface area contributed by atoms with Crippen LogP contribution in [-0.2, 0) is 11.2 Å². The number of rotatable bonds is 4. The van der Waals surface area contributed by atoms with Gasteiger partial charge < -0.3 is 9.42 Å². The maximum Gasteiger partial charge on any atom is 0.227 e. The Morgan fingerprint density at radius 2 is 2.17 bits per heavy atom. The van der Waals surface area contributed by atoms with Crippen LogP contribution in [0.2, 0.25) is 0 Å². The lowest BCUT2D eigenvalue weighted by Crippen LogP contribution is -2.44. The maximum atomic E-state index is 12.5. The van der Waals surface area contributed by atoms with Crippen LogP contribution in [0.25, 0.3) is 11.4 Å². The summed E-state index contributed by atoms with van der Waals surface area (Å²) >= 11 is 1.61. The SMILES string of the molecule is O=C(CCc1nc(-c2ccsc2)no1)N1CCC2CCCCC2C1. The summed E-state index contributed by atoms with van der Waals surface area (Å²) in [4.78, 5) is 19.0. The third-order valence-corrected chi connectivity index (χ3v) is 6.13. The summed E-state index contributed by atoms with van der Waals surface area (Å²) in [6, 6.07) is 1.97. The van der Waals surface area contributed by atoms with Crippen molar-refractivity contribution in [1.29, 1.82) is 0 Å². The van der Waals surface area contributed by atoms with Gasteiger partial charge in [0.15, 0.2) is 0 Å². The zero-order chi connectivity index (χ0) is 16.4. The van der Waals surface area contributed by atoms with E-state index in [2.05, 4.69) is 15.0 Å². The fraction of sp³-hybridized carbons (Fsp3) is 0.611. The summed E-state index contributed by atoms with van der Waals surface area (Å²) in [5.74, 6) is 2.98. The average molecular weight is 345 g/mol. The third-order valence-electron chi connectivity index (χ3n) is 5.44. The van der Waals surface area contributed by atoms with Crippen LogP contribution in [0.3, 0.4) is 0 Å². The molecule has 5 nitrogen and oxygen atoms in total. The predicted molar refractivity (Wildman–Crippen MR) is 92.6 cm³/mol. The van der Waals surface area contributed by atoms with Crippen molar-refractivity contribution in [2.24, 2.45) is 11.8 Å². The Morgan fingerprint density at radius 3 is 3.00 bits per heavy atom. The van der Waals surface area contributed by atoms with Gasteiger partial charge in [-0.1, -0.05) is 24.4 Å². The molecule has 1 amide bonds. The van der Waals surface area contributed by atoms with Gasteiger partial charge in [0, 0.05) is 36.9 Å². The standard InChI is InChI=1S/C18H23N3O2S/c22-17(21-9-7-13-3-1-2-4-14(13)11-21)6-5-16-19-18(20-23-16)15-8-10-24-12-15/h8,10,12-14H,1-7,9,11H2. The third kappa shape index (κ3) is 3.38. The minimum Gasteiger partial charge on any atom is -0.342 e. The van der Waals surface area contributed by atoms with Crippen LogP contribution in [0, 0.1) is 11.8 Å². The number of likely N-dealkylation sites (tertiary alicyclic amines) is 1. The summed E-state index contributed by atoms with van der Waals surface area (Å²) in [5.41, 5.74) is 0.973. The van der Waals surface area contributed by atoms with Gasteiger partial charge in [-0.25, -0.2) is 0 Å². The van der Waals surface area contributed by atoms with Crippen LogP contribution in [0.5, 0.6) is 0 Å². The number of piperidine rings is 1. The van der Waals surface area contributed by atoms with Crippen molar-refractivity contribution < 1.29 is 9.32 Å². The van der Waals surface area contributed by atoms with Crippen molar-refractivity contribution in [3.63, 3.8) is 0 Å². The second-order valence-electron chi connectivity index (χ2n) is 6.96. The second kappa shape index (κ2) is 7.05. The molecule has 0 aromatic carbocycles. The molecule has 2 aliphatic rings. The van der Waals surface area contributed by atoms with E-state index < -0.39 is 0 Å². The molecule has 1 aliphatic carbocycles. The Balaban J connectivity index is 1.30. The van der Waals surface area contributed by atoms with Gasteiger partial charge in [-0.05, 0) is 36.1 Å². The highest BCUT2D eigenvalue weighted by molar-refractivity contribution is 7.08. The van der Waals surface area contributed by atoms with E-state index in [0.29, 0.717) is 24.6 Å². The highest BCUT2D eigenvalue weighted by Gasteiger charge is 2.32. The number of hydrogen-bond donors (Lipinski definition) is 0. The van der Waals surface area contributed by atoms with E-state index in [1.54, 1.807) is 11.3 Å². The summed E-state index contributed by atoms with van der Waals surface area (Å²) in [7, 11) is 0. The van der Waals surface area contributed by atoms with Crippen LogP contribution in [0.1, 0.15) is 44.4 Å². The molecular weight excluding hydrogens is 322 g/mol. The molecule has 4 rings (SSSR count). The lowest BCUT2D eigenvalue weighted by Gasteiger charge is -2.41. The van der Waals surface area contributed by atoms with E-state index >= 15 is 0 Å². The van der Waals surface area contributed by atoms with E-state index in [4.69, 9.17) is 4.52 Å². The molecule has 6 heteroatoms. The number of carbonyl (C=O) groups is 1. The van der Waals surface area contributed by atoms with E-state index in [9.17, 15) is 4.79 Å². The van der Waals surface area contributed by atoms with Crippen LogP contribution in [0.4, 0.5) is 0 Å². The molecule has 3 heterocycles. The highest BCUT2D eigenvalue weighted by Crippen LogP contribution is 2.36. The Bertz CT molecular complexity index is 682. The fourth-order valence-corrected chi connectivity index (χ4v) is 4.70. The quantitative estimate of drug-likeness (QED) is 0.846. The molecule has 1 saturated heterocycles. The van der Waals surface area contributed by atoms with Crippen molar-refractivity contribution in [3.8, 4) is 11.4 Å².